The maximum Gasteiger partial charge on any atom is 4.00 e. The third kappa shape index (κ3) is 456. The maximum absolute atomic E-state index is 8.52. The second-order valence-electron chi connectivity index (χ2n) is 0.408. The summed E-state index contributed by atoms with van der Waals surface area (Å²) in [6, 6.07) is 0. The zero-order valence-electron chi connectivity index (χ0n) is 2.95. The zero-order valence-corrected chi connectivity index (χ0v) is 5.33. The molecule has 0 amide bonds. The molecule has 0 aromatic carbocycles. The predicted octanol–water partition coefficient (Wildman–Crippen LogP) is -1.46. The molecule has 0 rings (SSSR count). The fraction of sp³-hybridized carbons (Fsp3) is 0. The molecule has 0 aromatic heterocycles. The molecule has 0 spiro atoms. The van der Waals surface area contributed by atoms with Crippen LogP contribution >= 0.6 is 0 Å². The standard InChI is InChI=1S/H2O4S.O.Ti/c1-5(2,3)4;;/h(H2,1,2,3,4);;/q;-2;+4/p-2. The van der Waals surface area contributed by atoms with Gasteiger partial charge in [0.15, 0.2) is 0 Å². The maximum atomic E-state index is 8.52. The van der Waals surface area contributed by atoms with Gasteiger partial charge in [0.2, 0.25) is 0 Å². The molecule has 0 N–H and O–H groups in total. The molecule has 0 saturated heterocycles. The zero-order chi connectivity index (χ0) is 4.50. The number of rotatable bonds is 0. The van der Waals surface area contributed by atoms with Gasteiger partial charge in [-0.2, -0.15) is 0 Å². The predicted molar refractivity (Wildman–Crippen MR) is 11.2 cm³/mol. The average molecular weight is 160 g/mol. The first-order valence-electron chi connectivity index (χ1n) is 0.667. The van der Waals surface area contributed by atoms with Crippen LogP contribution in [-0.2, 0) is 37.6 Å². The van der Waals surface area contributed by atoms with E-state index in [0.717, 1.165) is 0 Å². The van der Waals surface area contributed by atoms with Crippen molar-refractivity contribution >= 4 is 10.4 Å². The van der Waals surface area contributed by atoms with E-state index >= 15 is 0 Å². The summed E-state index contributed by atoms with van der Waals surface area (Å²) in [5, 5.41) is 0. The van der Waals surface area contributed by atoms with Crippen LogP contribution in [0.4, 0.5) is 0 Å². The first-order valence-corrected chi connectivity index (χ1v) is 2.00. The number of hydrogen-bond acceptors (Lipinski definition) is 4. The summed E-state index contributed by atoms with van der Waals surface area (Å²) >= 11 is 0. The molecular formula is O5STi. The Balaban J connectivity index is -0.0000000800. The largest absolute Gasteiger partial charge is 4.00 e. The Morgan fingerprint density at radius 3 is 1.14 bits per heavy atom. The van der Waals surface area contributed by atoms with E-state index in [1.807, 2.05) is 0 Å². The summed E-state index contributed by atoms with van der Waals surface area (Å²) in [5.41, 5.74) is 0. The molecule has 0 aromatic rings. The van der Waals surface area contributed by atoms with Crippen molar-refractivity contribution in [3.8, 4) is 0 Å². The fourth-order valence-electron chi connectivity index (χ4n) is 0. The van der Waals surface area contributed by atoms with Gasteiger partial charge in [-0.1, -0.05) is 0 Å². The van der Waals surface area contributed by atoms with Gasteiger partial charge < -0.3 is 14.6 Å². The van der Waals surface area contributed by atoms with Crippen molar-refractivity contribution in [1.29, 1.82) is 0 Å². The molecular weight excluding hydrogens is 160 g/mol. The minimum absolute atomic E-state index is 0. The molecule has 0 radical (unpaired) electrons. The van der Waals surface area contributed by atoms with Crippen molar-refractivity contribution in [2.75, 3.05) is 0 Å². The van der Waals surface area contributed by atoms with Crippen molar-refractivity contribution in [3.05, 3.63) is 0 Å². The average Bonchev–Trinajstić information content (AvgIpc) is 0.722. The van der Waals surface area contributed by atoms with E-state index < -0.39 is 10.4 Å². The van der Waals surface area contributed by atoms with Gasteiger partial charge in [-0.15, -0.1) is 0 Å². The van der Waals surface area contributed by atoms with Crippen LogP contribution in [0, 0.1) is 0 Å². The van der Waals surface area contributed by atoms with Crippen molar-refractivity contribution < 1.29 is 44.7 Å². The summed E-state index contributed by atoms with van der Waals surface area (Å²) in [7, 11) is -5.17. The molecule has 7 heteroatoms. The molecule has 0 fully saturated rings. The number of hydrogen-bond donors (Lipinski definition) is 0. The van der Waals surface area contributed by atoms with E-state index in [1.54, 1.807) is 0 Å². The third-order valence-corrected chi connectivity index (χ3v) is 0. The Hall–Kier alpha value is 0.544. The molecule has 0 aliphatic rings. The Morgan fingerprint density at radius 2 is 1.14 bits per heavy atom. The van der Waals surface area contributed by atoms with Crippen LogP contribution < -0.4 is 0 Å². The fourth-order valence-corrected chi connectivity index (χ4v) is 0. The Morgan fingerprint density at radius 1 is 1.14 bits per heavy atom. The SMILES string of the molecule is O=S(=O)([O-])[O-].[O-2].[Ti+4]. The van der Waals surface area contributed by atoms with Crippen LogP contribution in [0.25, 0.3) is 0 Å². The molecule has 0 saturated carbocycles. The summed E-state index contributed by atoms with van der Waals surface area (Å²) in [6.07, 6.45) is 0. The van der Waals surface area contributed by atoms with E-state index in [9.17, 15) is 0 Å². The van der Waals surface area contributed by atoms with E-state index in [4.69, 9.17) is 17.5 Å². The van der Waals surface area contributed by atoms with Crippen LogP contribution in [-0.4, -0.2) is 17.5 Å². The van der Waals surface area contributed by atoms with Crippen LogP contribution in [0.3, 0.4) is 0 Å². The Kier molecular flexibility index (Phi) is 10.5. The smallest absolute Gasteiger partial charge is 2.00 e. The molecule has 0 bridgehead atoms. The van der Waals surface area contributed by atoms with Gasteiger partial charge in [-0.25, -0.2) is 0 Å². The molecule has 40 valence electrons. The molecule has 5 nitrogen and oxygen atoms in total. The first-order chi connectivity index (χ1) is 2.00. The molecule has 0 heterocycles. The second-order valence-corrected chi connectivity index (χ2v) is 1.22. The summed E-state index contributed by atoms with van der Waals surface area (Å²) < 4.78 is 34.1. The summed E-state index contributed by atoms with van der Waals surface area (Å²) in [5.74, 6) is 0. The van der Waals surface area contributed by atoms with Crippen molar-refractivity contribution in [2.45, 2.75) is 0 Å². The monoisotopic (exact) mass is 160 g/mol. The van der Waals surface area contributed by atoms with Crippen LogP contribution in [0.2, 0.25) is 0 Å². The first kappa shape index (κ1) is 15.6. The van der Waals surface area contributed by atoms with E-state index in [0.29, 0.717) is 0 Å². The van der Waals surface area contributed by atoms with Crippen molar-refractivity contribution in [2.24, 2.45) is 0 Å². The van der Waals surface area contributed by atoms with Gasteiger partial charge in [0.25, 0.3) is 0 Å². The van der Waals surface area contributed by atoms with Gasteiger partial charge in [0, 0.05) is 10.4 Å². The van der Waals surface area contributed by atoms with Gasteiger partial charge in [0.1, 0.15) is 0 Å². The third-order valence-electron chi connectivity index (χ3n) is 0. The van der Waals surface area contributed by atoms with Crippen LogP contribution in [0.5, 0.6) is 0 Å². The van der Waals surface area contributed by atoms with Gasteiger partial charge >= 0.3 is 21.7 Å². The normalized spacial score (nSPS) is 8.29. The van der Waals surface area contributed by atoms with Crippen LogP contribution in [0.15, 0.2) is 0 Å². The minimum atomic E-state index is -5.17. The molecule has 0 aliphatic heterocycles. The van der Waals surface area contributed by atoms with Gasteiger partial charge in [-0.05, 0) is 0 Å². The van der Waals surface area contributed by atoms with Crippen molar-refractivity contribution in [1.82, 2.24) is 0 Å². The van der Waals surface area contributed by atoms with Gasteiger partial charge in [-0.3, -0.25) is 8.42 Å². The van der Waals surface area contributed by atoms with E-state index in [2.05, 4.69) is 0 Å². The van der Waals surface area contributed by atoms with Crippen molar-refractivity contribution in [3.63, 3.8) is 0 Å². The van der Waals surface area contributed by atoms with E-state index in [1.165, 1.54) is 0 Å². The molecule has 0 aliphatic carbocycles. The molecule has 0 atom stereocenters. The Labute approximate surface area is 55.5 Å². The quantitative estimate of drug-likeness (QED) is 0.245. The topological polar surface area (TPSA) is 109 Å². The summed E-state index contributed by atoms with van der Waals surface area (Å²) in [4.78, 5) is 0. The molecule has 7 heavy (non-hydrogen) atoms. The minimum Gasteiger partial charge on any atom is -2.00 e. The molecule has 0 unspecified atom stereocenters. The van der Waals surface area contributed by atoms with Crippen LogP contribution in [0.1, 0.15) is 0 Å². The van der Waals surface area contributed by atoms with Gasteiger partial charge in [0.05, 0.1) is 0 Å². The van der Waals surface area contributed by atoms with E-state index in [-0.39, 0.29) is 27.2 Å². The second kappa shape index (κ2) is 4.70. The Bertz CT molecular complexity index is 91.2. The summed E-state index contributed by atoms with van der Waals surface area (Å²) in [6.45, 7) is 0.